The average molecular weight is 1160 g/mol. The lowest BCUT2D eigenvalue weighted by atomic mass is 10.00. The van der Waals surface area contributed by atoms with Crippen LogP contribution in [0, 0.1) is 0 Å². The van der Waals surface area contributed by atoms with E-state index in [0.29, 0.717) is 0 Å². The predicted molar refractivity (Wildman–Crippen MR) is 378 cm³/mol. The van der Waals surface area contributed by atoms with Gasteiger partial charge in [0, 0.05) is 93.1 Å². The first-order chi connectivity index (χ1) is 45.1. The lowest BCUT2D eigenvalue weighted by Gasteiger charge is -2.11. The first kappa shape index (κ1) is 48.8. The fourth-order valence-electron chi connectivity index (χ4n) is 15.8. The van der Waals surface area contributed by atoms with Crippen molar-refractivity contribution in [2.75, 3.05) is 0 Å². The van der Waals surface area contributed by atoms with Gasteiger partial charge in [0.05, 0.1) is 65.9 Å². The van der Waals surface area contributed by atoms with Crippen molar-refractivity contribution in [3.63, 3.8) is 0 Å². The molecule has 0 amide bonds. The Hall–Kier alpha value is -12.3. The Labute approximate surface area is 518 Å². The second-order valence-electron chi connectivity index (χ2n) is 24.3. The third-order valence-electron chi connectivity index (χ3n) is 19.7. The van der Waals surface area contributed by atoms with Crippen LogP contribution in [0.4, 0.5) is 0 Å². The summed E-state index contributed by atoms with van der Waals surface area (Å²) >= 11 is 0. The minimum atomic E-state index is 0.872. The maximum Gasteiger partial charge on any atom is 0.145 e. The van der Waals surface area contributed by atoms with Gasteiger partial charge in [0.15, 0.2) is 0 Å². The molecule has 7 nitrogen and oxygen atoms in total. The van der Waals surface area contributed by atoms with Crippen LogP contribution in [-0.4, -0.2) is 22.8 Å². The van der Waals surface area contributed by atoms with Crippen molar-refractivity contribution in [3.8, 4) is 39.6 Å². The van der Waals surface area contributed by atoms with Gasteiger partial charge in [0.2, 0.25) is 0 Å². The van der Waals surface area contributed by atoms with Gasteiger partial charge in [-0.2, -0.15) is 0 Å². The highest BCUT2D eigenvalue weighted by molar-refractivity contribution is 6.29. The van der Waals surface area contributed by atoms with Crippen molar-refractivity contribution in [1.82, 2.24) is 22.8 Å². The highest BCUT2D eigenvalue weighted by Crippen LogP contribution is 2.48. The smallest absolute Gasteiger partial charge is 0.145 e. The maximum atomic E-state index is 7.66. The van der Waals surface area contributed by atoms with Crippen LogP contribution in [0.5, 0.6) is 0 Å². The van der Waals surface area contributed by atoms with Crippen molar-refractivity contribution >= 4 is 153 Å². The number of hydrogen-bond acceptors (Lipinski definition) is 2. The minimum absolute atomic E-state index is 0.872. The number of hydrogen-bond donors (Lipinski definition) is 0. The van der Waals surface area contributed by atoms with Crippen molar-refractivity contribution in [3.05, 3.63) is 297 Å². The molecule has 7 heterocycles. The Balaban J connectivity index is 0.791. The van der Waals surface area contributed by atoms with Gasteiger partial charge in [-0.05, 0) is 169 Å². The van der Waals surface area contributed by atoms with E-state index in [4.69, 9.17) is 8.83 Å². The number of furan rings is 2. The lowest BCUT2D eigenvalue weighted by molar-refractivity contribution is 0.669. The van der Waals surface area contributed by atoms with E-state index < -0.39 is 0 Å². The van der Waals surface area contributed by atoms with Crippen LogP contribution in [0.15, 0.2) is 306 Å². The molecule has 0 saturated heterocycles. The predicted octanol–water partition coefficient (Wildman–Crippen LogP) is 22.6. The van der Waals surface area contributed by atoms with Crippen LogP contribution in [0.1, 0.15) is 0 Å². The molecule has 0 N–H and O–H groups in total. The number of para-hydroxylation sites is 7. The number of aromatic nitrogens is 5. The Morgan fingerprint density at radius 1 is 0.176 bits per heavy atom. The van der Waals surface area contributed by atoms with Crippen LogP contribution in [0.3, 0.4) is 0 Å². The van der Waals surface area contributed by atoms with Crippen molar-refractivity contribution in [2.24, 2.45) is 0 Å². The largest absolute Gasteiger partial charge is 0.456 e. The molecule has 0 radical (unpaired) electrons. The number of nitrogens with zero attached hydrogens (tertiary/aromatic N) is 5. The molecule has 422 valence electrons. The van der Waals surface area contributed by atoms with Crippen LogP contribution < -0.4 is 0 Å². The first-order valence-corrected chi connectivity index (χ1v) is 31.1. The SMILES string of the molecule is c1ccc(-n2c3ccccc3c3cc(-c4ccc5c(c4)c4c6oc7c(ccc8c7c7ccccc7n8-c7ccc8c(c7)c7ccccc7n8-c7ccc8oc9ccccc9c8c7)c6ccc4n5-c4ccc5c(c4)c4ccccc4n5-c4ccccc4)ccc32)cc1. The summed E-state index contributed by atoms with van der Waals surface area (Å²) in [6.45, 7) is 0. The molecular weight excluding hydrogens is 1110 g/mol. The van der Waals surface area contributed by atoms with Crippen LogP contribution in [-0.2, 0) is 0 Å². The van der Waals surface area contributed by atoms with Crippen molar-refractivity contribution < 1.29 is 8.83 Å². The van der Waals surface area contributed by atoms with E-state index in [9.17, 15) is 0 Å². The molecule has 0 fully saturated rings. The molecule has 0 spiro atoms. The summed E-state index contributed by atoms with van der Waals surface area (Å²) in [5.74, 6) is 0. The second kappa shape index (κ2) is 18.1. The summed E-state index contributed by atoms with van der Waals surface area (Å²) in [5.41, 5.74) is 22.7. The van der Waals surface area contributed by atoms with E-state index in [2.05, 4.69) is 308 Å². The first-order valence-electron chi connectivity index (χ1n) is 31.1. The highest BCUT2D eigenvalue weighted by atomic mass is 16.3. The van der Waals surface area contributed by atoms with Gasteiger partial charge in [0.25, 0.3) is 0 Å². The Morgan fingerprint density at radius 2 is 0.516 bits per heavy atom. The molecule has 21 aromatic rings. The summed E-state index contributed by atoms with van der Waals surface area (Å²) in [6.07, 6.45) is 0. The van der Waals surface area contributed by atoms with Crippen LogP contribution in [0.2, 0.25) is 0 Å². The van der Waals surface area contributed by atoms with Crippen LogP contribution in [0.25, 0.3) is 192 Å². The van der Waals surface area contributed by atoms with Gasteiger partial charge >= 0.3 is 0 Å². The van der Waals surface area contributed by atoms with Gasteiger partial charge in [-0.1, -0.05) is 140 Å². The average Bonchev–Trinajstić information content (AvgIpc) is 1.56. The second-order valence-corrected chi connectivity index (χ2v) is 24.3. The quantitative estimate of drug-likeness (QED) is 0.167. The Morgan fingerprint density at radius 3 is 1.05 bits per heavy atom. The molecule has 21 rings (SSSR count). The fourth-order valence-corrected chi connectivity index (χ4v) is 15.8. The number of benzene rings is 14. The molecule has 7 aromatic heterocycles. The molecule has 0 atom stereocenters. The van der Waals surface area contributed by atoms with E-state index in [1.54, 1.807) is 0 Å². The summed E-state index contributed by atoms with van der Waals surface area (Å²) < 4.78 is 26.0. The minimum Gasteiger partial charge on any atom is -0.456 e. The monoisotopic (exact) mass is 1160 g/mol. The summed E-state index contributed by atoms with van der Waals surface area (Å²) in [5, 5.41) is 16.0. The molecule has 0 saturated carbocycles. The zero-order chi connectivity index (χ0) is 59.2. The van der Waals surface area contributed by atoms with Gasteiger partial charge < -0.3 is 31.7 Å². The lowest BCUT2D eigenvalue weighted by Crippen LogP contribution is -1.95. The zero-order valence-corrected chi connectivity index (χ0v) is 48.8. The third kappa shape index (κ3) is 6.70. The molecule has 0 aliphatic rings. The van der Waals surface area contributed by atoms with Gasteiger partial charge in [-0.15, -0.1) is 0 Å². The summed E-state index contributed by atoms with van der Waals surface area (Å²) in [7, 11) is 0. The van der Waals surface area contributed by atoms with Crippen LogP contribution >= 0.6 is 0 Å². The van der Waals surface area contributed by atoms with E-state index in [1.807, 2.05) is 12.1 Å². The van der Waals surface area contributed by atoms with Gasteiger partial charge in [-0.3, -0.25) is 0 Å². The summed E-state index contributed by atoms with van der Waals surface area (Å²) in [6, 6.07) is 109. The van der Waals surface area contributed by atoms with E-state index >= 15 is 0 Å². The molecule has 0 aliphatic heterocycles. The molecular formula is C84H49N5O2. The molecule has 0 bridgehead atoms. The molecule has 14 aromatic carbocycles. The van der Waals surface area contributed by atoms with E-state index in [0.717, 1.165) is 144 Å². The third-order valence-corrected chi connectivity index (χ3v) is 19.7. The van der Waals surface area contributed by atoms with Gasteiger partial charge in [-0.25, -0.2) is 0 Å². The zero-order valence-electron chi connectivity index (χ0n) is 48.8. The normalized spacial score (nSPS) is 12.4. The van der Waals surface area contributed by atoms with E-state index in [1.165, 1.54) is 48.9 Å². The highest BCUT2D eigenvalue weighted by Gasteiger charge is 2.26. The molecule has 91 heavy (non-hydrogen) atoms. The topological polar surface area (TPSA) is 50.9 Å². The Kier molecular flexibility index (Phi) is 9.72. The van der Waals surface area contributed by atoms with E-state index in [-0.39, 0.29) is 0 Å². The molecule has 7 heteroatoms. The van der Waals surface area contributed by atoms with Crippen molar-refractivity contribution in [2.45, 2.75) is 0 Å². The number of fused-ring (bicyclic) bond motifs is 23. The molecule has 0 aliphatic carbocycles. The maximum absolute atomic E-state index is 7.66. The Bertz CT molecular complexity index is 6700. The number of rotatable bonds is 6. The van der Waals surface area contributed by atoms with Crippen molar-refractivity contribution in [1.29, 1.82) is 0 Å². The summed E-state index contributed by atoms with van der Waals surface area (Å²) in [4.78, 5) is 0. The fraction of sp³-hybridized carbons (Fsp3) is 0. The molecule has 0 unspecified atom stereocenters. The van der Waals surface area contributed by atoms with Gasteiger partial charge in [0.1, 0.15) is 22.3 Å². The standard InChI is InChI=1S/C84H49N5O2/c1-3-17-52(18-4-1)85-69-26-12-7-21-57(69)64-45-50(31-38-73(64)85)51-32-39-76-68(46-51)82-78(89(76)55-33-40-74-65(48-55)58-22-8-13-27-70(58)86(74)53-19-5-2-6-20-53)43-37-62-61-36-42-77-81(83(61)91-84(62)82)63-25-10-15-29-72(63)88(77)54-34-41-75-66(47-54)59-23-9-14-28-71(59)87(75)56-35-44-80-67(49-56)60-24-11-16-30-79(60)90-80/h1-49H.